The van der Waals surface area contributed by atoms with E-state index in [0.29, 0.717) is 6.42 Å². The van der Waals surface area contributed by atoms with Crippen LogP contribution in [-0.2, 0) is 4.79 Å². The molecule has 6 nitrogen and oxygen atoms in total. The van der Waals surface area contributed by atoms with E-state index in [1.54, 1.807) is 18.6 Å². The van der Waals surface area contributed by atoms with Crippen LogP contribution in [0.3, 0.4) is 0 Å². The first-order chi connectivity index (χ1) is 8.81. The molecule has 18 heavy (non-hydrogen) atoms. The molecule has 6 heteroatoms. The Labute approximate surface area is 107 Å². The minimum absolute atomic E-state index is 0.225. The number of piperazine rings is 1. The van der Waals surface area contributed by atoms with Gasteiger partial charge in [-0.05, 0) is 7.05 Å². The number of anilines is 1. The Bertz CT molecular complexity index is 375. The Balaban J connectivity index is 1.83. The molecule has 0 spiro atoms. The maximum atomic E-state index is 11.8. The van der Waals surface area contributed by atoms with Crippen molar-refractivity contribution in [2.24, 2.45) is 0 Å². The van der Waals surface area contributed by atoms with Gasteiger partial charge in [0.05, 0.1) is 6.20 Å². The monoisotopic (exact) mass is 249 g/mol. The highest BCUT2D eigenvalue weighted by atomic mass is 16.2. The minimum atomic E-state index is 0.225. The van der Waals surface area contributed by atoms with Crippen LogP contribution in [0.1, 0.15) is 6.42 Å². The van der Waals surface area contributed by atoms with Crippen LogP contribution in [0, 0.1) is 0 Å². The number of carbonyl (C=O) groups excluding carboxylic acids is 1. The topological polar surface area (TPSA) is 61.4 Å². The summed E-state index contributed by atoms with van der Waals surface area (Å²) in [5.74, 6) is 1.11. The van der Waals surface area contributed by atoms with E-state index in [2.05, 4.69) is 20.2 Å². The van der Waals surface area contributed by atoms with Crippen LogP contribution in [0.25, 0.3) is 0 Å². The molecule has 2 heterocycles. The van der Waals surface area contributed by atoms with Crippen LogP contribution in [-0.4, -0.2) is 60.5 Å². The summed E-state index contributed by atoms with van der Waals surface area (Å²) >= 11 is 0. The summed E-state index contributed by atoms with van der Waals surface area (Å²) in [6.07, 6.45) is 5.70. The van der Waals surface area contributed by atoms with E-state index >= 15 is 0 Å². The lowest BCUT2D eigenvalue weighted by molar-refractivity contribution is -0.131. The predicted molar refractivity (Wildman–Crippen MR) is 69.4 cm³/mol. The highest BCUT2D eigenvalue weighted by Gasteiger charge is 2.21. The molecule has 1 amide bonds. The zero-order chi connectivity index (χ0) is 12.8. The molecule has 0 aromatic carbocycles. The van der Waals surface area contributed by atoms with Gasteiger partial charge in [-0.3, -0.25) is 9.78 Å². The Morgan fingerprint density at radius 1 is 1.33 bits per heavy atom. The van der Waals surface area contributed by atoms with Gasteiger partial charge in [0, 0.05) is 51.5 Å². The first kappa shape index (κ1) is 12.8. The molecule has 1 fully saturated rings. The van der Waals surface area contributed by atoms with Gasteiger partial charge in [0.2, 0.25) is 5.91 Å². The fraction of sp³-hybridized carbons (Fsp3) is 0.583. The van der Waals surface area contributed by atoms with Gasteiger partial charge in [-0.2, -0.15) is 0 Å². The van der Waals surface area contributed by atoms with E-state index in [-0.39, 0.29) is 5.91 Å². The minimum Gasteiger partial charge on any atom is -0.352 e. The van der Waals surface area contributed by atoms with Crippen molar-refractivity contribution in [1.29, 1.82) is 0 Å². The van der Waals surface area contributed by atoms with Crippen molar-refractivity contribution < 1.29 is 4.79 Å². The molecule has 0 unspecified atom stereocenters. The quantitative estimate of drug-likeness (QED) is 0.796. The number of amides is 1. The van der Waals surface area contributed by atoms with Crippen LogP contribution in [0.5, 0.6) is 0 Å². The van der Waals surface area contributed by atoms with E-state index in [1.807, 2.05) is 11.9 Å². The summed E-state index contributed by atoms with van der Waals surface area (Å²) in [6.45, 7) is 3.91. The standard InChI is InChI=1S/C12H19N5O/c1-13-3-2-12(18)17-8-6-16(7-9-17)11-10-14-4-5-15-11/h4-5,10,13H,2-3,6-9H2,1H3. The molecule has 1 saturated heterocycles. The molecule has 0 bridgehead atoms. The third-order valence-electron chi connectivity index (χ3n) is 3.09. The molecule has 0 saturated carbocycles. The Morgan fingerprint density at radius 2 is 2.11 bits per heavy atom. The average molecular weight is 249 g/mol. The van der Waals surface area contributed by atoms with Crippen LogP contribution in [0.2, 0.25) is 0 Å². The largest absolute Gasteiger partial charge is 0.352 e. The molecule has 0 atom stereocenters. The van der Waals surface area contributed by atoms with E-state index in [9.17, 15) is 4.79 Å². The first-order valence-corrected chi connectivity index (χ1v) is 6.24. The SMILES string of the molecule is CNCCC(=O)N1CCN(c2cnccn2)CC1. The number of nitrogens with zero attached hydrogens (tertiary/aromatic N) is 4. The van der Waals surface area contributed by atoms with E-state index in [0.717, 1.165) is 38.5 Å². The zero-order valence-electron chi connectivity index (χ0n) is 10.7. The third-order valence-corrected chi connectivity index (χ3v) is 3.09. The molecular weight excluding hydrogens is 230 g/mol. The summed E-state index contributed by atoms with van der Waals surface area (Å²) in [7, 11) is 1.86. The summed E-state index contributed by atoms with van der Waals surface area (Å²) in [4.78, 5) is 24.3. The Hall–Kier alpha value is -1.69. The van der Waals surface area contributed by atoms with Crippen LogP contribution in [0.15, 0.2) is 18.6 Å². The fourth-order valence-electron chi connectivity index (χ4n) is 2.03. The molecule has 0 aliphatic carbocycles. The van der Waals surface area contributed by atoms with Crippen molar-refractivity contribution in [2.75, 3.05) is 44.7 Å². The van der Waals surface area contributed by atoms with E-state index in [1.165, 1.54) is 0 Å². The van der Waals surface area contributed by atoms with Crippen molar-refractivity contribution in [3.63, 3.8) is 0 Å². The van der Waals surface area contributed by atoms with Gasteiger partial charge < -0.3 is 15.1 Å². The number of carbonyl (C=O) groups is 1. The highest BCUT2D eigenvalue weighted by molar-refractivity contribution is 5.76. The van der Waals surface area contributed by atoms with Crippen molar-refractivity contribution in [3.8, 4) is 0 Å². The maximum absolute atomic E-state index is 11.8. The fourth-order valence-corrected chi connectivity index (χ4v) is 2.03. The highest BCUT2D eigenvalue weighted by Crippen LogP contribution is 2.11. The molecule has 1 N–H and O–H groups in total. The van der Waals surface area contributed by atoms with Crippen molar-refractivity contribution >= 4 is 11.7 Å². The van der Waals surface area contributed by atoms with E-state index in [4.69, 9.17) is 0 Å². The number of hydrogen-bond donors (Lipinski definition) is 1. The lowest BCUT2D eigenvalue weighted by atomic mass is 10.2. The molecule has 0 radical (unpaired) electrons. The van der Waals surface area contributed by atoms with Gasteiger partial charge >= 0.3 is 0 Å². The normalized spacial score (nSPS) is 15.8. The van der Waals surface area contributed by atoms with Gasteiger partial charge in [0.25, 0.3) is 0 Å². The lowest BCUT2D eigenvalue weighted by Gasteiger charge is -2.35. The van der Waals surface area contributed by atoms with Gasteiger partial charge in [-0.25, -0.2) is 4.98 Å². The number of rotatable bonds is 4. The van der Waals surface area contributed by atoms with Gasteiger partial charge in [-0.1, -0.05) is 0 Å². The molecule has 98 valence electrons. The van der Waals surface area contributed by atoms with Crippen LogP contribution >= 0.6 is 0 Å². The van der Waals surface area contributed by atoms with Gasteiger partial charge in [0.15, 0.2) is 0 Å². The second kappa shape index (κ2) is 6.30. The summed E-state index contributed by atoms with van der Waals surface area (Å²) in [6, 6.07) is 0. The van der Waals surface area contributed by atoms with Gasteiger partial charge in [-0.15, -0.1) is 0 Å². The van der Waals surface area contributed by atoms with Crippen molar-refractivity contribution in [3.05, 3.63) is 18.6 Å². The number of nitrogens with one attached hydrogen (secondary N) is 1. The molecule has 1 aromatic rings. The third kappa shape index (κ3) is 3.16. The Kier molecular flexibility index (Phi) is 4.46. The zero-order valence-corrected chi connectivity index (χ0v) is 10.7. The summed E-state index contributed by atoms with van der Waals surface area (Å²) < 4.78 is 0. The van der Waals surface area contributed by atoms with Gasteiger partial charge in [0.1, 0.15) is 5.82 Å². The molecule has 1 aromatic heterocycles. The second-order valence-corrected chi connectivity index (χ2v) is 4.28. The average Bonchev–Trinajstić information content (AvgIpc) is 2.46. The smallest absolute Gasteiger partial charge is 0.223 e. The molecular formula is C12H19N5O. The first-order valence-electron chi connectivity index (χ1n) is 6.24. The lowest BCUT2D eigenvalue weighted by Crippen LogP contribution is -2.49. The second-order valence-electron chi connectivity index (χ2n) is 4.28. The maximum Gasteiger partial charge on any atom is 0.223 e. The number of hydrogen-bond acceptors (Lipinski definition) is 5. The van der Waals surface area contributed by atoms with Crippen LogP contribution in [0.4, 0.5) is 5.82 Å². The van der Waals surface area contributed by atoms with Crippen LogP contribution < -0.4 is 10.2 Å². The van der Waals surface area contributed by atoms with E-state index < -0.39 is 0 Å². The summed E-state index contributed by atoms with van der Waals surface area (Å²) in [5.41, 5.74) is 0. The molecule has 2 rings (SSSR count). The number of aromatic nitrogens is 2. The Morgan fingerprint density at radius 3 is 2.72 bits per heavy atom. The molecule has 1 aliphatic heterocycles. The van der Waals surface area contributed by atoms with Crippen molar-refractivity contribution in [1.82, 2.24) is 20.2 Å². The predicted octanol–water partition coefficient (Wildman–Crippen LogP) is -0.265. The van der Waals surface area contributed by atoms with Crippen molar-refractivity contribution in [2.45, 2.75) is 6.42 Å². The summed E-state index contributed by atoms with van der Waals surface area (Å²) in [5, 5.41) is 3.00. The molecule has 1 aliphatic rings.